The predicted molar refractivity (Wildman–Crippen MR) is 198 cm³/mol. The van der Waals surface area contributed by atoms with Gasteiger partial charge in [0.05, 0.1) is 23.7 Å². The lowest BCUT2D eigenvalue weighted by molar-refractivity contribution is -0.138. The summed E-state index contributed by atoms with van der Waals surface area (Å²) in [6.07, 6.45) is 0.976. The van der Waals surface area contributed by atoms with Crippen molar-refractivity contribution in [2.75, 3.05) is 77.4 Å². The second kappa shape index (κ2) is 17.2. The Bertz CT molecular complexity index is 1630. The summed E-state index contributed by atoms with van der Waals surface area (Å²) in [5, 5.41) is 3.51. The van der Waals surface area contributed by atoms with Crippen LogP contribution >= 0.6 is 12.4 Å². The van der Waals surface area contributed by atoms with Crippen molar-refractivity contribution in [1.29, 1.82) is 0 Å². The van der Waals surface area contributed by atoms with Gasteiger partial charge in [0, 0.05) is 82.5 Å². The number of halogens is 1. The molecule has 50 heavy (non-hydrogen) atoms. The highest BCUT2D eigenvalue weighted by atomic mass is 35.5. The number of carbonyl (C=O) groups is 2. The summed E-state index contributed by atoms with van der Waals surface area (Å²) in [5.41, 5.74) is 3.20. The molecule has 0 saturated carbocycles. The molecule has 0 aliphatic carbocycles. The summed E-state index contributed by atoms with van der Waals surface area (Å²) in [4.78, 5) is 33.4. The maximum Gasteiger partial charge on any atom is 0.256 e. The third-order valence-corrected chi connectivity index (χ3v) is 12.1. The smallest absolute Gasteiger partial charge is 0.256 e. The van der Waals surface area contributed by atoms with Gasteiger partial charge in [-0.3, -0.25) is 14.5 Å². The van der Waals surface area contributed by atoms with Gasteiger partial charge < -0.3 is 19.9 Å². The van der Waals surface area contributed by atoms with E-state index in [0.717, 1.165) is 24.2 Å². The lowest BCUT2D eigenvalue weighted by Crippen LogP contribution is -2.53. The Balaban J connectivity index is 0.00000486. The van der Waals surface area contributed by atoms with Crippen LogP contribution in [0.5, 0.6) is 0 Å². The van der Waals surface area contributed by atoms with E-state index < -0.39 is 10.0 Å². The van der Waals surface area contributed by atoms with Crippen molar-refractivity contribution in [1.82, 2.24) is 19.0 Å². The third kappa shape index (κ3) is 8.69. The minimum Gasteiger partial charge on any atom is -0.383 e. The number of nitrogens with zero attached hydrogens (tertiary/aromatic N) is 4. The average molecular weight is 724 g/mol. The van der Waals surface area contributed by atoms with Gasteiger partial charge in [0.15, 0.2) is 0 Å². The van der Waals surface area contributed by atoms with Gasteiger partial charge in [-0.05, 0) is 56.0 Å². The molecular formula is C38H50ClN5O5S. The number of hydrogen-bond acceptors (Lipinski definition) is 7. The molecule has 12 heteroatoms. The highest BCUT2D eigenvalue weighted by molar-refractivity contribution is 7.89. The van der Waals surface area contributed by atoms with E-state index in [0.29, 0.717) is 76.1 Å². The Morgan fingerprint density at radius 1 is 0.780 bits per heavy atom. The fraction of sp³-hybridized carbons (Fsp3) is 0.474. The highest BCUT2D eigenvalue weighted by Gasteiger charge is 2.35. The van der Waals surface area contributed by atoms with Crippen LogP contribution in [0.2, 0.25) is 0 Å². The zero-order valence-corrected chi connectivity index (χ0v) is 30.7. The quantitative estimate of drug-likeness (QED) is 0.322. The second-order valence-electron chi connectivity index (χ2n) is 13.5. The van der Waals surface area contributed by atoms with Crippen LogP contribution < -0.4 is 5.32 Å². The molecule has 0 atom stereocenters. The standard InChI is InChI=1S/C38H49N5O5S.ClH/c1-29(2)40-19-21-41(22-20-40)37(44)32-15-17-43(18-16-32)49(46,47)33-13-14-36(34(27-33)38(45)42-23-25-48-26-24-42)39-28-35(30-9-5-3-6-10-30)31-11-7-4-8-12-31;/h3-14,27,29,32,35,39H,15-26,28H2,1-2H3;1H. The number of sulfonamides is 1. The van der Waals surface area contributed by atoms with Crippen LogP contribution in [-0.2, 0) is 19.6 Å². The van der Waals surface area contributed by atoms with Crippen molar-refractivity contribution in [3.63, 3.8) is 0 Å². The molecule has 10 nitrogen and oxygen atoms in total. The molecule has 270 valence electrons. The molecule has 2 amide bonds. The number of anilines is 1. The topological polar surface area (TPSA) is 102 Å². The largest absolute Gasteiger partial charge is 0.383 e. The Hall–Kier alpha value is -3.48. The van der Waals surface area contributed by atoms with Crippen molar-refractivity contribution in [2.45, 2.75) is 43.5 Å². The molecular weight excluding hydrogens is 674 g/mol. The number of morpholine rings is 1. The Morgan fingerprint density at radius 2 is 1.36 bits per heavy atom. The summed E-state index contributed by atoms with van der Waals surface area (Å²) in [5.74, 6) is -0.247. The van der Waals surface area contributed by atoms with Gasteiger partial charge in [-0.1, -0.05) is 60.7 Å². The van der Waals surface area contributed by atoms with E-state index in [1.807, 2.05) is 41.3 Å². The average Bonchev–Trinajstić information content (AvgIpc) is 3.15. The fourth-order valence-electron chi connectivity index (χ4n) is 7.17. The molecule has 3 heterocycles. The molecule has 6 rings (SSSR count). The number of hydrogen-bond donors (Lipinski definition) is 1. The molecule has 0 aromatic heterocycles. The van der Waals surface area contributed by atoms with Gasteiger partial charge in [0.25, 0.3) is 5.91 Å². The van der Waals surface area contributed by atoms with Crippen LogP contribution in [0.3, 0.4) is 0 Å². The predicted octanol–water partition coefficient (Wildman–Crippen LogP) is 4.78. The SMILES string of the molecule is CC(C)N1CCN(C(=O)C2CCN(S(=O)(=O)c3ccc(NCC(c4ccccc4)c4ccccc4)c(C(=O)N4CCOCC4)c3)CC2)CC1.Cl. The van der Waals surface area contributed by atoms with Crippen molar-refractivity contribution >= 4 is 39.9 Å². The molecule has 3 aliphatic rings. The van der Waals surface area contributed by atoms with Gasteiger partial charge in [-0.2, -0.15) is 4.31 Å². The molecule has 3 saturated heterocycles. The van der Waals surface area contributed by atoms with Crippen LogP contribution in [0.4, 0.5) is 5.69 Å². The number of carbonyl (C=O) groups excluding carboxylic acids is 2. The van der Waals surface area contributed by atoms with E-state index in [-0.39, 0.29) is 54.0 Å². The lowest BCUT2D eigenvalue weighted by Gasteiger charge is -2.39. The first kappa shape index (κ1) is 37.8. The van der Waals surface area contributed by atoms with E-state index in [4.69, 9.17) is 4.74 Å². The van der Waals surface area contributed by atoms with Gasteiger partial charge in [-0.15, -0.1) is 12.4 Å². The Kier molecular flexibility index (Phi) is 13.0. The van der Waals surface area contributed by atoms with E-state index in [9.17, 15) is 18.0 Å². The molecule has 3 aromatic carbocycles. The number of benzene rings is 3. The van der Waals surface area contributed by atoms with E-state index >= 15 is 0 Å². The summed E-state index contributed by atoms with van der Waals surface area (Å²) in [6, 6.07) is 25.7. The lowest BCUT2D eigenvalue weighted by atomic mass is 9.91. The molecule has 0 unspecified atom stereocenters. The van der Waals surface area contributed by atoms with Crippen LogP contribution in [-0.4, -0.2) is 117 Å². The number of piperidine rings is 1. The fourth-order valence-corrected chi connectivity index (χ4v) is 8.67. The molecule has 0 radical (unpaired) electrons. The number of rotatable bonds is 10. The van der Waals surface area contributed by atoms with Crippen LogP contribution in [0.1, 0.15) is 54.1 Å². The summed E-state index contributed by atoms with van der Waals surface area (Å²) >= 11 is 0. The second-order valence-corrected chi connectivity index (χ2v) is 15.4. The summed E-state index contributed by atoms with van der Waals surface area (Å²) in [6.45, 7) is 10.3. The van der Waals surface area contributed by atoms with E-state index in [1.54, 1.807) is 17.0 Å². The molecule has 0 spiro atoms. The van der Waals surface area contributed by atoms with Gasteiger partial charge in [0.1, 0.15) is 0 Å². The monoisotopic (exact) mass is 723 g/mol. The van der Waals surface area contributed by atoms with Crippen LogP contribution in [0, 0.1) is 5.92 Å². The Labute approximate surface area is 303 Å². The van der Waals surface area contributed by atoms with Gasteiger partial charge in [-0.25, -0.2) is 8.42 Å². The van der Waals surface area contributed by atoms with Crippen molar-refractivity contribution in [3.8, 4) is 0 Å². The van der Waals surface area contributed by atoms with Crippen molar-refractivity contribution in [2.24, 2.45) is 5.92 Å². The first-order chi connectivity index (χ1) is 23.7. The normalized spacial score (nSPS) is 18.2. The zero-order chi connectivity index (χ0) is 34.4. The first-order valence-electron chi connectivity index (χ1n) is 17.6. The zero-order valence-electron chi connectivity index (χ0n) is 29.1. The van der Waals surface area contributed by atoms with Crippen LogP contribution in [0.15, 0.2) is 83.8 Å². The Morgan fingerprint density at radius 3 is 1.92 bits per heavy atom. The minimum atomic E-state index is -3.90. The van der Waals surface area contributed by atoms with Crippen LogP contribution in [0.25, 0.3) is 0 Å². The molecule has 1 N–H and O–H groups in total. The van der Waals surface area contributed by atoms with Gasteiger partial charge >= 0.3 is 0 Å². The maximum absolute atomic E-state index is 14.0. The molecule has 3 fully saturated rings. The van der Waals surface area contributed by atoms with Gasteiger partial charge in [0.2, 0.25) is 15.9 Å². The highest BCUT2D eigenvalue weighted by Crippen LogP contribution is 2.31. The number of amides is 2. The summed E-state index contributed by atoms with van der Waals surface area (Å²) < 4.78 is 35.0. The van der Waals surface area contributed by atoms with Crippen molar-refractivity contribution < 1.29 is 22.7 Å². The van der Waals surface area contributed by atoms with E-state index in [1.165, 1.54) is 10.4 Å². The molecule has 3 aliphatic heterocycles. The number of ether oxygens (including phenoxy) is 1. The molecule has 3 aromatic rings. The van der Waals surface area contributed by atoms with Crippen molar-refractivity contribution in [3.05, 3.63) is 95.6 Å². The molecule has 0 bridgehead atoms. The number of piperazine rings is 1. The first-order valence-corrected chi connectivity index (χ1v) is 19.0. The maximum atomic E-state index is 14.0. The number of nitrogens with one attached hydrogen (secondary N) is 1. The summed E-state index contributed by atoms with van der Waals surface area (Å²) in [7, 11) is -3.90. The van der Waals surface area contributed by atoms with E-state index in [2.05, 4.69) is 48.3 Å². The third-order valence-electron chi connectivity index (χ3n) is 10.2. The minimum absolute atomic E-state index is 0.